The second-order valence-corrected chi connectivity index (χ2v) is 14.8. The van der Waals surface area contributed by atoms with Crippen LogP contribution in [0.2, 0.25) is 0 Å². The number of benzene rings is 3. The van der Waals surface area contributed by atoms with Crippen LogP contribution < -0.4 is 16.0 Å². The summed E-state index contributed by atoms with van der Waals surface area (Å²) in [7, 11) is -3.31. The zero-order valence-corrected chi connectivity index (χ0v) is 27.6. The van der Waals surface area contributed by atoms with Crippen LogP contribution in [0.1, 0.15) is 72.5 Å². The largest absolute Gasteiger partial charge is 0.444 e. The van der Waals surface area contributed by atoms with Gasteiger partial charge in [0.15, 0.2) is 9.84 Å². The van der Waals surface area contributed by atoms with Crippen molar-refractivity contribution in [1.29, 1.82) is 0 Å². The van der Waals surface area contributed by atoms with Crippen molar-refractivity contribution in [3.8, 4) is 5.69 Å². The van der Waals surface area contributed by atoms with Gasteiger partial charge in [-0.1, -0.05) is 36.4 Å². The van der Waals surface area contributed by atoms with Crippen LogP contribution in [0.25, 0.3) is 5.69 Å². The predicted octanol–water partition coefficient (Wildman–Crippen LogP) is 5.95. The number of hydrogen-bond acceptors (Lipinski definition) is 7. The highest BCUT2D eigenvalue weighted by atomic mass is 32.2. The van der Waals surface area contributed by atoms with Gasteiger partial charge in [-0.2, -0.15) is 5.10 Å². The van der Waals surface area contributed by atoms with Gasteiger partial charge in [-0.05, 0) is 112 Å². The SMILES string of the molecule is Cc1cc(C(=O)Nc2cccc(C(NCC3CC3)c3ccc(S(C)(=O)=O)cc3)c2)n(-c2cccc(CNC(=O)OC(C)(C)C)c2)n1. The molecule has 0 aliphatic heterocycles. The number of ether oxygens (including phenoxy) is 1. The molecule has 1 saturated carbocycles. The van der Waals surface area contributed by atoms with Crippen LogP contribution in [0.15, 0.2) is 83.8 Å². The maximum Gasteiger partial charge on any atom is 0.407 e. The van der Waals surface area contributed by atoms with Gasteiger partial charge in [0.25, 0.3) is 5.91 Å². The second-order valence-electron chi connectivity index (χ2n) is 12.8. The maximum absolute atomic E-state index is 13.6. The Bertz CT molecular complexity index is 1820. The molecule has 0 bridgehead atoms. The van der Waals surface area contributed by atoms with E-state index < -0.39 is 21.5 Å². The predicted molar refractivity (Wildman–Crippen MR) is 178 cm³/mol. The third-order valence-corrected chi connectivity index (χ3v) is 8.61. The molecule has 1 fully saturated rings. The van der Waals surface area contributed by atoms with Crippen LogP contribution in [0.5, 0.6) is 0 Å². The number of nitrogens with zero attached hydrogens (tertiary/aromatic N) is 2. The number of rotatable bonds is 11. The molecular weight excluding hydrogens is 602 g/mol. The van der Waals surface area contributed by atoms with Crippen molar-refractivity contribution < 1.29 is 22.7 Å². The van der Waals surface area contributed by atoms with Crippen LogP contribution >= 0.6 is 0 Å². The monoisotopic (exact) mass is 643 g/mol. The third kappa shape index (κ3) is 8.82. The van der Waals surface area contributed by atoms with Crippen LogP contribution in [0, 0.1) is 12.8 Å². The summed E-state index contributed by atoms with van der Waals surface area (Å²) in [4.78, 5) is 26.1. The number of sulfone groups is 1. The molecule has 1 aromatic heterocycles. The molecule has 0 saturated heterocycles. The number of alkyl carbamates (subject to hydrolysis) is 1. The Hall–Kier alpha value is -4.48. The lowest BCUT2D eigenvalue weighted by molar-refractivity contribution is 0.0523. The third-order valence-electron chi connectivity index (χ3n) is 7.48. The quantitative estimate of drug-likeness (QED) is 0.184. The van der Waals surface area contributed by atoms with Gasteiger partial charge < -0.3 is 20.7 Å². The molecule has 3 N–H and O–H groups in total. The minimum absolute atomic E-state index is 0.184. The second kappa shape index (κ2) is 13.5. The van der Waals surface area contributed by atoms with Crippen LogP contribution in [-0.2, 0) is 21.1 Å². The van der Waals surface area contributed by atoms with Crippen LogP contribution in [-0.4, -0.2) is 48.6 Å². The molecule has 11 heteroatoms. The molecule has 1 aliphatic rings. The van der Waals surface area contributed by atoms with E-state index in [-0.39, 0.29) is 23.4 Å². The van der Waals surface area contributed by atoms with Gasteiger partial charge in [0.2, 0.25) is 0 Å². The lowest BCUT2D eigenvalue weighted by atomic mass is 9.98. The Labute approximate surface area is 270 Å². The van der Waals surface area contributed by atoms with Crippen LogP contribution in [0.3, 0.4) is 0 Å². The van der Waals surface area contributed by atoms with Gasteiger partial charge in [-0.15, -0.1) is 0 Å². The lowest BCUT2D eigenvalue weighted by Crippen LogP contribution is -2.32. The van der Waals surface area contributed by atoms with Crippen molar-refractivity contribution >= 4 is 27.5 Å². The Morgan fingerprint density at radius 2 is 1.70 bits per heavy atom. The molecule has 3 aromatic carbocycles. The maximum atomic E-state index is 13.6. The fourth-order valence-corrected chi connectivity index (χ4v) is 5.71. The molecule has 5 rings (SSSR count). The highest BCUT2D eigenvalue weighted by Gasteiger charge is 2.24. The standard InChI is InChI=1S/C35H41N5O5S/c1-23-18-31(40(39-23)29-11-6-8-25(19-29)22-37-34(42)45-35(2,3)4)33(41)38-28-10-7-9-27(20-28)32(36-21-24-12-13-24)26-14-16-30(17-15-26)46(5,43)44/h6-11,14-20,24,32,36H,12-13,21-22H2,1-5H3,(H,37,42)(H,38,41). The molecule has 242 valence electrons. The topological polar surface area (TPSA) is 131 Å². The first-order chi connectivity index (χ1) is 21.7. The summed E-state index contributed by atoms with van der Waals surface area (Å²) in [5.41, 5.74) is 4.45. The zero-order valence-electron chi connectivity index (χ0n) is 26.8. The minimum Gasteiger partial charge on any atom is -0.444 e. The summed E-state index contributed by atoms with van der Waals surface area (Å²) in [5.74, 6) is 0.311. The fraction of sp³-hybridized carbons (Fsp3) is 0.343. The van der Waals surface area contributed by atoms with Gasteiger partial charge in [0.05, 0.1) is 22.3 Å². The minimum atomic E-state index is -3.31. The van der Waals surface area contributed by atoms with Crippen molar-refractivity contribution in [2.24, 2.45) is 5.92 Å². The number of hydrogen-bond donors (Lipinski definition) is 3. The first-order valence-electron chi connectivity index (χ1n) is 15.3. The number of aromatic nitrogens is 2. The molecule has 10 nitrogen and oxygen atoms in total. The molecule has 46 heavy (non-hydrogen) atoms. The summed E-state index contributed by atoms with van der Waals surface area (Å²) >= 11 is 0. The molecule has 0 spiro atoms. The van der Waals surface area contributed by atoms with E-state index in [0.29, 0.717) is 28.7 Å². The van der Waals surface area contributed by atoms with Gasteiger partial charge >= 0.3 is 6.09 Å². The number of carbonyl (C=O) groups is 2. The van der Waals surface area contributed by atoms with Gasteiger partial charge in [0.1, 0.15) is 11.3 Å². The van der Waals surface area contributed by atoms with Crippen molar-refractivity contribution in [3.63, 3.8) is 0 Å². The normalized spacial score (nSPS) is 14.0. The molecule has 1 aliphatic carbocycles. The van der Waals surface area contributed by atoms with Gasteiger partial charge in [-0.25, -0.2) is 17.9 Å². The van der Waals surface area contributed by atoms with E-state index in [4.69, 9.17) is 4.74 Å². The molecule has 4 aromatic rings. The number of aryl methyl sites for hydroxylation is 1. The van der Waals surface area contributed by atoms with E-state index in [1.54, 1.807) is 22.9 Å². The molecule has 1 heterocycles. The Morgan fingerprint density at radius 1 is 0.978 bits per heavy atom. The van der Waals surface area contributed by atoms with E-state index >= 15 is 0 Å². The highest BCUT2D eigenvalue weighted by molar-refractivity contribution is 7.90. The average Bonchev–Trinajstić information content (AvgIpc) is 3.73. The Balaban J connectivity index is 1.34. The van der Waals surface area contributed by atoms with E-state index in [9.17, 15) is 18.0 Å². The Kier molecular flexibility index (Phi) is 9.64. The first kappa shape index (κ1) is 32.9. The van der Waals surface area contributed by atoms with Gasteiger partial charge in [-0.3, -0.25) is 4.79 Å². The summed E-state index contributed by atoms with van der Waals surface area (Å²) in [6, 6.07) is 23.6. The van der Waals surface area contributed by atoms with Crippen molar-refractivity contribution in [2.75, 3.05) is 18.1 Å². The van der Waals surface area contributed by atoms with E-state index in [1.165, 1.54) is 19.1 Å². The van der Waals surface area contributed by atoms with E-state index in [1.807, 2.05) is 88.4 Å². The lowest BCUT2D eigenvalue weighted by Gasteiger charge is -2.21. The smallest absolute Gasteiger partial charge is 0.407 e. The summed E-state index contributed by atoms with van der Waals surface area (Å²) in [6.45, 7) is 8.35. The number of carbonyl (C=O) groups excluding carboxylic acids is 2. The molecule has 2 amide bonds. The molecular formula is C35H41N5O5S. The fourth-order valence-electron chi connectivity index (χ4n) is 5.08. The van der Waals surface area contributed by atoms with Gasteiger partial charge in [0, 0.05) is 18.5 Å². The summed E-state index contributed by atoms with van der Waals surface area (Å²) in [5, 5.41) is 14.0. The van der Waals surface area contributed by atoms with E-state index in [2.05, 4.69) is 21.0 Å². The zero-order chi connectivity index (χ0) is 33.1. The van der Waals surface area contributed by atoms with Crippen molar-refractivity contribution in [1.82, 2.24) is 20.4 Å². The van der Waals surface area contributed by atoms with Crippen LogP contribution in [0.4, 0.5) is 10.5 Å². The van der Waals surface area contributed by atoms with Crippen molar-refractivity contribution in [2.45, 2.75) is 63.6 Å². The first-order valence-corrected chi connectivity index (χ1v) is 17.2. The number of nitrogens with one attached hydrogen (secondary N) is 3. The molecule has 1 unspecified atom stereocenters. The van der Waals surface area contributed by atoms with Crippen molar-refractivity contribution in [3.05, 3.63) is 107 Å². The molecule has 1 atom stereocenters. The Morgan fingerprint density at radius 3 is 2.37 bits per heavy atom. The van der Waals surface area contributed by atoms with E-state index in [0.717, 1.165) is 23.2 Å². The summed E-state index contributed by atoms with van der Waals surface area (Å²) < 4.78 is 31.0. The highest BCUT2D eigenvalue weighted by Crippen LogP contribution is 2.31. The number of amides is 2. The summed E-state index contributed by atoms with van der Waals surface area (Å²) in [6.07, 6.45) is 3.08. The number of anilines is 1. The molecule has 0 radical (unpaired) electrons. The average molecular weight is 644 g/mol.